The molecule has 0 saturated carbocycles. The van der Waals surface area contributed by atoms with Gasteiger partial charge in [-0.05, 0) is 11.8 Å². The van der Waals surface area contributed by atoms with Crippen LogP contribution in [-0.2, 0) is 6.42 Å². The molecule has 0 saturated heterocycles. The van der Waals surface area contributed by atoms with Crippen LogP contribution in [0.1, 0.15) is 39.8 Å². The SMILES string of the molecule is CCCc1csc(NC(=O)NCC(O)C(C)(C)C)n1. The molecule has 1 atom stereocenters. The third-order valence-corrected chi connectivity index (χ3v) is 3.54. The Morgan fingerprint density at radius 2 is 2.21 bits per heavy atom. The first-order chi connectivity index (χ1) is 8.82. The Morgan fingerprint density at radius 3 is 2.79 bits per heavy atom. The van der Waals surface area contributed by atoms with Gasteiger partial charge in [0.05, 0.1) is 11.8 Å². The van der Waals surface area contributed by atoms with E-state index in [1.807, 2.05) is 26.2 Å². The summed E-state index contributed by atoms with van der Waals surface area (Å²) in [6.45, 7) is 8.09. The van der Waals surface area contributed by atoms with Crippen LogP contribution in [0.25, 0.3) is 0 Å². The highest BCUT2D eigenvalue weighted by Crippen LogP contribution is 2.18. The highest BCUT2D eigenvalue weighted by Gasteiger charge is 2.22. The number of urea groups is 1. The summed E-state index contributed by atoms with van der Waals surface area (Å²) in [5, 5.41) is 17.7. The van der Waals surface area contributed by atoms with Gasteiger partial charge < -0.3 is 10.4 Å². The largest absolute Gasteiger partial charge is 0.391 e. The van der Waals surface area contributed by atoms with Crippen LogP contribution in [0.15, 0.2) is 5.38 Å². The third kappa shape index (κ3) is 5.57. The molecule has 0 spiro atoms. The second-order valence-electron chi connectivity index (χ2n) is 5.61. The molecule has 5 nitrogen and oxygen atoms in total. The van der Waals surface area contributed by atoms with E-state index in [9.17, 15) is 9.90 Å². The Labute approximate surface area is 118 Å². The number of nitrogens with zero attached hydrogens (tertiary/aromatic N) is 1. The highest BCUT2D eigenvalue weighted by molar-refractivity contribution is 7.13. The molecule has 108 valence electrons. The second-order valence-corrected chi connectivity index (χ2v) is 6.47. The zero-order valence-corrected chi connectivity index (χ0v) is 12.8. The standard InChI is InChI=1S/C13H23N3O2S/c1-5-6-9-8-19-12(15-9)16-11(18)14-7-10(17)13(2,3)4/h8,10,17H,5-7H2,1-4H3,(H2,14,15,16,18). The number of hydrogen-bond acceptors (Lipinski definition) is 4. The van der Waals surface area contributed by atoms with Gasteiger partial charge in [-0.25, -0.2) is 9.78 Å². The quantitative estimate of drug-likeness (QED) is 0.778. The molecular weight excluding hydrogens is 262 g/mol. The fourth-order valence-corrected chi connectivity index (χ4v) is 2.11. The number of aryl methyl sites for hydroxylation is 1. The zero-order chi connectivity index (χ0) is 14.5. The van der Waals surface area contributed by atoms with E-state index in [1.54, 1.807) is 0 Å². The van der Waals surface area contributed by atoms with E-state index >= 15 is 0 Å². The van der Waals surface area contributed by atoms with Gasteiger partial charge in [-0.2, -0.15) is 0 Å². The lowest BCUT2D eigenvalue weighted by Crippen LogP contribution is -2.40. The van der Waals surface area contributed by atoms with Gasteiger partial charge in [0, 0.05) is 11.9 Å². The monoisotopic (exact) mass is 285 g/mol. The lowest BCUT2D eigenvalue weighted by molar-refractivity contribution is 0.0654. The summed E-state index contributed by atoms with van der Waals surface area (Å²) in [6.07, 6.45) is 1.38. The first kappa shape index (κ1) is 15.9. The average molecular weight is 285 g/mol. The van der Waals surface area contributed by atoms with Crippen molar-refractivity contribution in [3.63, 3.8) is 0 Å². The van der Waals surface area contributed by atoms with Crippen molar-refractivity contribution in [2.24, 2.45) is 5.41 Å². The molecule has 3 N–H and O–H groups in total. The first-order valence-electron chi connectivity index (χ1n) is 6.50. The van der Waals surface area contributed by atoms with Gasteiger partial charge in [-0.1, -0.05) is 34.1 Å². The first-order valence-corrected chi connectivity index (χ1v) is 7.38. The fraction of sp³-hybridized carbons (Fsp3) is 0.692. The fourth-order valence-electron chi connectivity index (χ4n) is 1.37. The molecule has 2 amide bonds. The van der Waals surface area contributed by atoms with E-state index < -0.39 is 6.10 Å². The predicted octanol–water partition coefficient (Wildman–Crippen LogP) is 2.62. The topological polar surface area (TPSA) is 74.2 Å². The zero-order valence-electron chi connectivity index (χ0n) is 12.0. The number of anilines is 1. The molecule has 0 bridgehead atoms. The maximum atomic E-state index is 11.6. The number of rotatable bonds is 5. The van der Waals surface area contributed by atoms with E-state index in [1.165, 1.54) is 11.3 Å². The minimum absolute atomic E-state index is 0.225. The normalized spacial score (nSPS) is 13.1. The Balaban J connectivity index is 2.38. The van der Waals surface area contributed by atoms with E-state index in [-0.39, 0.29) is 18.0 Å². The molecule has 1 rings (SSSR count). The molecule has 0 aromatic carbocycles. The van der Waals surface area contributed by atoms with Crippen LogP contribution in [0.4, 0.5) is 9.93 Å². The van der Waals surface area contributed by atoms with Gasteiger partial charge >= 0.3 is 6.03 Å². The number of hydrogen-bond donors (Lipinski definition) is 3. The number of nitrogens with one attached hydrogen (secondary N) is 2. The maximum Gasteiger partial charge on any atom is 0.321 e. The number of aliphatic hydroxyl groups is 1. The van der Waals surface area contributed by atoms with Crippen LogP contribution in [0.2, 0.25) is 0 Å². The van der Waals surface area contributed by atoms with Crippen molar-refractivity contribution in [1.82, 2.24) is 10.3 Å². The van der Waals surface area contributed by atoms with Crippen LogP contribution in [0.3, 0.4) is 0 Å². The lowest BCUT2D eigenvalue weighted by Gasteiger charge is -2.25. The molecule has 1 heterocycles. The molecule has 1 aromatic heterocycles. The number of amides is 2. The number of carbonyl (C=O) groups is 1. The third-order valence-electron chi connectivity index (χ3n) is 2.73. The summed E-state index contributed by atoms with van der Waals surface area (Å²) >= 11 is 1.41. The van der Waals surface area contributed by atoms with Crippen molar-refractivity contribution in [3.05, 3.63) is 11.1 Å². The van der Waals surface area contributed by atoms with Crippen LogP contribution in [0, 0.1) is 5.41 Å². The molecule has 1 aromatic rings. The van der Waals surface area contributed by atoms with Crippen molar-refractivity contribution in [2.45, 2.75) is 46.6 Å². The van der Waals surface area contributed by atoms with Crippen LogP contribution < -0.4 is 10.6 Å². The molecule has 0 fully saturated rings. The summed E-state index contributed by atoms with van der Waals surface area (Å²) in [5.74, 6) is 0. The van der Waals surface area contributed by atoms with Crippen LogP contribution >= 0.6 is 11.3 Å². The smallest absolute Gasteiger partial charge is 0.321 e. The summed E-state index contributed by atoms with van der Waals surface area (Å²) in [6, 6.07) is -0.333. The molecular formula is C13H23N3O2S. The predicted molar refractivity (Wildman–Crippen MR) is 78.6 cm³/mol. The van der Waals surface area contributed by atoms with Crippen LogP contribution in [-0.4, -0.2) is 28.8 Å². The van der Waals surface area contributed by atoms with Crippen molar-refractivity contribution < 1.29 is 9.90 Å². The Morgan fingerprint density at radius 1 is 1.53 bits per heavy atom. The van der Waals surface area contributed by atoms with Crippen molar-refractivity contribution in [1.29, 1.82) is 0 Å². The Bertz CT molecular complexity index is 412. The summed E-state index contributed by atoms with van der Waals surface area (Å²) in [4.78, 5) is 15.9. The number of carbonyl (C=O) groups excluding carboxylic acids is 1. The minimum Gasteiger partial charge on any atom is -0.391 e. The van der Waals surface area contributed by atoms with E-state index in [2.05, 4.69) is 22.5 Å². The molecule has 6 heteroatoms. The van der Waals surface area contributed by atoms with Gasteiger partial charge in [0.1, 0.15) is 0 Å². The minimum atomic E-state index is -0.579. The number of aromatic nitrogens is 1. The Hall–Kier alpha value is -1.14. The Kier molecular flexibility index (Phi) is 5.75. The summed E-state index contributed by atoms with van der Waals surface area (Å²) in [5.41, 5.74) is 0.750. The van der Waals surface area contributed by atoms with Gasteiger partial charge in [-0.3, -0.25) is 5.32 Å². The van der Waals surface area contributed by atoms with E-state index in [0.29, 0.717) is 5.13 Å². The molecule has 0 aliphatic carbocycles. The molecule has 1 unspecified atom stereocenters. The number of aliphatic hydroxyl groups excluding tert-OH is 1. The molecule has 0 aliphatic rings. The van der Waals surface area contributed by atoms with Crippen molar-refractivity contribution in [3.8, 4) is 0 Å². The molecule has 0 aliphatic heterocycles. The molecule has 0 radical (unpaired) electrons. The maximum absolute atomic E-state index is 11.6. The van der Waals surface area contributed by atoms with Crippen molar-refractivity contribution >= 4 is 22.5 Å². The lowest BCUT2D eigenvalue weighted by atomic mass is 9.89. The van der Waals surface area contributed by atoms with Gasteiger partial charge in [0.15, 0.2) is 5.13 Å². The van der Waals surface area contributed by atoms with Crippen LogP contribution in [0.5, 0.6) is 0 Å². The summed E-state index contributed by atoms with van der Waals surface area (Å²) < 4.78 is 0. The van der Waals surface area contributed by atoms with Gasteiger partial charge in [-0.15, -0.1) is 11.3 Å². The highest BCUT2D eigenvalue weighted by atomic mass is 32.1. The van der Waals surface area contributed by atoms with E-state index in [0.717, 1.165) is 18.5 Å². The molecule has 19 heavy (non-hydrogen) atoms. The van der Waals surface area contributed by atoms with E-state index in [4.69, 9.17) is 0 Å². The average Bonchev–Trinajstić information content (AvgIpc) is 2.72. The van der Waals surface area contributed by atoms with Gasteiger partial charge in [0.2, 0.25) is 0 Å². The van der Waals surface area contributed by atoms with Gasteiger partial charge in [0.25, 0.3) is 0 Å². The van der Waals surface area contributed by atoms with Crippen molar-refractivity contribution in [2.75, 3.05) is 11.9 Å². The number of thiazole rings is 1. The second kappa shape index (κ2) is 6.86. The summed E-state index contributed by atoms with van der Waals surface area (Å²) in [7, 11) is 0.